The van der Waals surface area contributed by atoms with Crippen LogP contribution < -0.4 is 5.32 Å². The molecule has 2 aliphatic rings. The first kappa shape index (κ1) is 14.1. The number of rotatable bonds is 4. The van der Waals surface area contributed by atoms with Gasteiger partial charge in [0.25, 0.3) is 0 Å². The van der Waals surface area contributed by atoms with Crippen molar-refractivity contribution < 1.29 is 4.74 Å². The van der Waals surface area contributed by atoms with E-state index in [0.29, 0.717) is 12.1 Å². The molecular weight excluding hydrogens is 250 g/mol. The first-order valence-electron chi connectivity index (χ1n) is 8.14. The normalized spacial score (nSPS) is 27.0. The maximum absolute atomic E-state index is 6.12. The van der Waals surface area contributed by atoms with E-state index in [1.807, 2.05) is 6.20 Å². The molecule has 1 aliphatic carbocycles. The van der Waals surface area contributed by atoms with E-state index in [1.54, 1.807) is 0 Å². The molecule has 1 saturated carbocycles. The Morgan fingerprint density at radius 3 is 3.05 bits per heavy atom. The Balaban J connectivity index is 1.69. The van der Waals surface area contributed by atoms with Crippen LogP contribution in [-0.4, -0.2) is 28.5 Å². The zero-order valence-electron chi connectivity index (χ0n) is 12.8. The highest BCUT2D eigenvalue weighted by Crippen LogP contribution is 2.43. The van der Waals surface area contributed by atoms with Crippen molar-refractivity contribution in [1.29, 1.82) is 0 Å². The van der Waals surface area contributed by atoms with Gasteiger partial charge in [-0.1, -0.05) is 19.8 Å². The van der Waals surface area contributed by atoms with Crippen LogP contribution in [0, 0.1) is 0 Å². The lowest BCUT2D eigenvalue weighted by Gasteiger charge is -2.38. The Kier molecular flexibility index (Phi) is 4.13. The molecule has 2 heterocycles. The average Bonchev–Trinajstić information content (AvgIpc) is 3.09. The van der Waals surface area contributed by atoms with Crippen molar-refractivity contribution in [2.24, 2.45) is 0 Å². The summed E-state index contributed by atoms with van der Waals surface area (Å²) in [6.45, 7) is 6.23. The van der Waals surface area contributed by atoms with Crippen LogP contribution in [0.1, 0.15) is 70.0 Å². The third-order valence-electron chi connectivity index (χ3n) is 4.99. The van der Waals surface area contributed by atoms with E-state index in [2.05, 4.69) is 35.1 Å². The van der Waals surface area contributed by atoms with Crippen LogP contribution in [0.4, 0.5) is 0 Å². The third kappa shape index (κ3) is 2.77. The first-order chi connectivity index (χ1) is 9.72. The Hall–Kier alpha value is -0.870. The number of ether oxygens (including phenoxy) is 1. The van der Waals surface area contributed by atoms with E-state index in [0.717, 1.165) is 26.0 Å². The minimum atomic E-state index is 0.169. The molecular formula is C16H27N3O. The highest BCUT2D eigenvalue weighted by molar-refractivity contribution is 5.10. The molecule has 1 N–H and O–H groups in total. The standard InChI is InChI=1S/C16H27N3O/c1-3-17-13(2)14-11-18-19(12-14)15-6-9-20-16(10-15)7-4-5-8-16/h11-13,15,17H,3-10H2,1-2H3. The molecule has 0 radical (unpaired) electrons. The van der Waals surface area contributed by atoms with Crippen molar-refractivity contribution >= 4 is 0 Å². The molecule has 1 spiro atoms. The van der Waals surface area contributed by atoms with Crippen molar-refractivity contribution in [2.45, 2.75) is 70.1 Å². The Labute approximate surface area is 121 Å². The lowest BCUT2D eigenvalue weighted by Crippen LogP contribution is -2.38. The zero-order valence-corrected chi connectivity index (χ0v) is 12.8. The number of nitrogens with one attached hydrogen (secondary N) is 1. The molecule has 1 saturated heterocycles. The van der Waals surface area contributed by atoms with Crippen LogP contribution in [0.2, 0.25) is 0 Å². The molecule has 1 aliphatic heterocycles. The van der Waals surface area contributed by atoms with Gasteiger partial charge < -0.3 is 10.1 Å². The maximum Gasteiger partial charge on any atom is 0.0703 e. The topological polar surface area (TPSA) is 39.1 Å². The van der Waals surface area contributed by atoms with Gasteiger partial charge >= 0.3 is 0 Å². The summed E-state index contributed by atoms with van der Waals surface area (Å²) in [4.78, 5) is 0. The van der Waals surface area contributed by atoms with Gasteiger partial charge in [0.2, 0.25) is 0 Å². The summed E-state index contributed by atoms with van der Waals surface area (Å²) in [7, 11) is 0. The van der Waals surface area contributed by atoms with Gasteiger partial charge in [-0.2, -0.15) is 5.10 Å². The Morgan fingerprint density at radius 1 is 1.50 bits per heavy atom. The Bertz CT molecular complexity index is 437. The van der Waals surface area contributed by atoms with Gasteiger partial charge in [0, 0.05) is 24.4 Å². The zero-order chi connectivity index (χ0) is 14.0. The second kappa shape index (κ2) is 5.86. The lowest BCUT2D eigenvalue weighted by atomic mass is 9.89. The third-order valence-corrected chi connectivity index (χ3v) is 4.99. The summed E-state index contributed by atoms with van der Waals surface area (Å²) >= 11 is 0. The smallest absolute Gasteiger partial charge is 0.0703 e. The molecule has 2 fully saturated rings. The largest absolute Gasteiger partial charge is 0.375 e. The SMILES string of the molecule is CCNC(C)c1cnn(C2CCOC3(CCCC3)C2)c1. The van der Waals surface area contributed by atoms with Gasteiger partial charge in [0.15, 0.2) is 0 Å². The quantitative estimate of drug-likeness (QED) is 0.918. The van der Waals surface area contributed by atoms with Crippen LogP contribution in [0.5, 0.6) is 0 Å². The number of aromatic nitrogens is 2. The molecule has 4 heteroatoms. The van der Waals surface area contributed by atoms with Crippen LogP contribution in [0.15, 0.2) is 12.4 Å². The van der Waals surface area contributed by atoms with Crippen molar-refractivity contribution in [2.75, 3.05) is 13.2 Å². The van der Waals surface area contributed by atoms with Crippen LogP contribution in [-0.2, 0) is 4.74 Å². The molecule has 0 bridgehead atoms. The van der Waals surface area contributed by atoms with Gasteiger partial charge in [0.05, 0.1) is 17.8 Å². The summed E-state index contributed by atoms with van der Waals surface area (Å²) in [5.74, 6) is 0. The summed E-state index contributed by atoms with van der Waals surface area (Å²) in [6, 6.07) is 0.901. The van der Waals surface area contributed by atoms with Crippen LogP contribution >= 0.6 is 0 Å². The molecule has 1 aromatic rings. The van der Waals surface area contributed by atoms with E-state index in [9.17, 15) is 0 Å². The molecule has 2 unspecified atom stereocenters. The van der Waals surface area contributed by atoms with Gasteiger partial charge in [-0.3, -0.25) is 4.68 Å². The minimum Gasteiger partial charge on any atom is -0.375 e. The predicted molar refractivity (Wildman–Crippen MR) is 79.7 cm³/mol. The van der Waals surface area contributed by atoms with E-state index in [4.69, 9.17) is 4.74 Å². The fourth-order valence-electron chi connectivity index (χ4n) is 3.80. The average molecular weight is 277 g/mol. The second-order valence-electron chi connectivity index (χ2n) is 6.42. The molecule has 112 valence electrons. The monoisotopic (exact) mass is 277 g/mol. The molecule has 20 heavy (non-hydrogen) atoms. The first-order valence-corrected chi connectivity index (χ1v) is 8.14. The maximum atomic E-state index is 6.12. The van der Waals surface area contributed by atoms with E-state index in [1.165, 1.54) is 31.2 Å². The van der Waals surface area contributed by atoms with Gasteiger partial charge in [-0.25, -0.2) is 0 Å². The number of hydrogen-bond acceptors (Lipinski definition) is 3. The van der Waals surface area contributed by atoms with E-state index >= 15 is 0 Å². The second-order valence-corrected chi connectivity index (χ2v) is 6.42. The fourth-order valence-corrected chi connectivity index (χ4v) is 3.80. The van der Waals surface area contributed by atoms with Crippen LogP contribution in [0.3, 0.4) is 0 Å². The minimum absolute atomic E-state index is 0.169. The van der Waals surface area contributed by atoms with Crippen molar-refractivity contribution in [3.8, 4) is 0 Å². The van der Waals surface area contributed by atoms with Gasteiger partial charge in [0.1, 0.15) is 0 Å². The summed E-state index contributed by atoms with van der Waals surface area (Å²) in [5, 5.41) is 8.07. The lowest BCUT2D eigenvalue weighted by molar-refractivity contribution is -0.0910. The summed E-state index contributed by atoms with van der Waals surface area (Å²) < 4.78 is 8.30. The van der Waals surface area contributed by atoms with Crippen molar-refractivity contribution in [3.05, 3.63) is 18.0 Å². The molecule has 4 nitrogen and oxygen atoms in total. The molecule has 1 aromatic heterocycles. The van der Waals surface area contributed by atoms with Crippen LogP contribution in [0.25, 0.3) is 0 Å². The number of nitrogens with zero attached hydrogens (tertiary/aromatic N) is 2. The predicted octanol–water partition coefficient (Wildman–Crippen LogP) is 3.22. The van der Waals surface area contributed by atoms with Gasteiger partial charge in [-0.15, -0.1) is 0 Å². The summed E-state index contributed by atoms with van der Waals surface area (Å²) in [6.07, 6.45) is 11.6. The fraction of sp³-hybridized carbons (Fsp3) is 0.812. The van der Waals surface area contributed by atoms with Crippen molar-refractivity contribution in [3.63, 3.8) is 0 Å². The molecule has 2 atom stereocenters. The molecule has 0 aromatic carbocycles. The number of hydrogen-bond donors (Lipinski definition) is 1. The Morgan fingerprint density at radius 2 is 2.30 bits per heavy atom. The highest BCUT2D eigenvalue weighted by Gasteiger charge is 2.40. The van der Waals surface area contributed by atoms with E-state index < -0.39 is 0 Å². The van der Waals surface area contributed by atoms with Crippen molar-refractivity contribution in [1.82, 2.24) is 15.1 Å². The summed E-state index contributed by atoms with van der Waals surface area (Å²) in [5.41, 5.74) is 1.46. The highest BCUT2D eigenvalue weighted by atomic mass is 16.5. The van der Waals surface area contributed by atoms with E-state index in [-0.39, 0.29) is 5.60 Å². The molecule has 0 amide bonds. The molecule has 3 rings (SSSR count). The van der Waals surface area contributed by atoms with Gasteiger partial charge in [-0.05, 0) is 39.2 Å².